The number of thiazole rings is 1. The molecule has 1 heterocycles. The van der Waals surface area contributed by atoms with Crippen LogP contribution in [0.15, 0.2) is 158 Å². The van der Waals surface area contributed by atoms with Gasteiger partial charge in [0, 0.05) is 5.56 Å². The zero-order chi connectivity index (χ0) is 33.1. The zero-order valence-corrected chi connectivity index (χ0v) is 29.7. The maximum absolute atomic E-state index is 4.83. The van der Waals surface area contributed by atoms with E-state index in [1.807, 2.05) is 6.07 Å². The highest BCUT2D eigenvalue weighted by Gasteiger charge is 2.16. The van der Waals surface area contributed by atoms with Gasteiger partial charge in [-0.1, -0.05) is 146 Å². The minimum Gasteiger partial charge on any atom is -0.236 e. The molecular weight excluding hydrogens is 627 g/mol. The summed E-state index contributed by atoms with van der Waals surface area (Å²) in [5, 5.41) is 10.2. The highest BCUT2D eigenvalue weighted by atomic mass is 32.1. The molecule has 234 valence electrons. The van der Waals surface area contributed by atoms with Gasteiger partial charge >= 0.3 is 0 Å². The molecule has 0 bridgehead atoms. The van der Waals surface area contributed by atoms with Crippen LogP contribution < -0.4 is 5.19 Å². The van der Waals surface area contributed by atoms with E-state index in [0.717, 1.165) is 16.1 Å². The van der Waals surface area contributed by atoms with Gasteiger partial charge in [0.05, 0.1) is 18.3 Å². The van der Waals surface area contributed by atoms with E-state index in [9.17, 15) is 0 Å². The van der Waals surface area contributed by atoms with Gasteiger partial charge in [0.15, 0.2) is 0 Å². The van der Waals surface area contributed by atoms with E-state index in [1.165, 1.54) is 75.6 Å². The maximum atomic E-state index is 4.83. The summed E-state index contributed by atoms with van der Waals surface area (Å²) in [6.45, 7) is 7.20. The van der Waals surface area contributed by atoms with Crippen LogP contribution in [0.25, 0.3) is 86.5 Å². The Bertz CT molecular complexity index is 2650. The highest BCUT2D eigenvalue weighted by Crippen LogP contribution is 2.35. The fraction of sp³-hybridized carbons (Fsp3) is 0.0652. The number of rotatable bonds is 5. The normalized spacial score (nSPS) is 12.0. The number of benzene rings is 8. The van der Waals surface area contributed by atoms with Crippen molar-refractivity contribution in [3.05, 3.63) is 158 Å². The minimum absolute atomic E-state index is 1.06. The smallest absolute Gasteiger partial charge is 0.124 e. The largest absolute Gasteiger partial charge is 0.236 e. The molecule has 8 aromatic carbocycles. The summed E-state index contributed by atoms with van der Waals surface area (Å²) < 4.78 is 1.22. The Morgan fingerprint density at radius 3 is 1.39 bits per heavy atom. The molecule has 0 spiro atoms. The second kappa shape index (κ2) is 11.7. The summed E-state index contributed by atoms with van der Waals surface area (Å²) in [7, 11) is -1.31. The fourth-order valence-corrected chi connectivity index (χ4v) is 9.14. The first-order chi connectivity index (χ1) is 23.9. The Balaban J connectivity index is 0.978. The van der Waals surface area contributed by atoms with E-state index in [4.69, 9.17) is 4.98 Å². The number of fused-ring (bicyclic) bond motifs is 5. The molecule has 3 heteroatoms. The molecule has 9 aromatic rings. The molecule has 0 saturated carbocycles. The van der Waals surface area contributed by atoms with Crippen LogP contribution in [-0.2, 0) is 0 Å². The van der Waals surface area contributed by atoms with Gasteiger partial charge in [0.2, 0.25) is 0 Å². The van der Waals surface area contributed by atoms with Crippen molar-refractivity contribution in [2.45, 2.75) is 19.6 Å². The van der Waals surface area contributed by atoms with E-state index in [2.05, 4.69) is 171 Å². The van der Waals surface area contributed by atoms with Crippen LogP contribution in [0.3, 0.4) is 0 Å². The molecule has 0 saturated heterocycles. The highest BCUT2D eigenvalue weighted by molar-refractivity contribution is 7.21. The molecule has 0 fully saturated rings. The second-order valence-electron chi connectivity index (χ2n) is 14.1. The predicted molar refractivity (Wildman–Crippen MR) is 217 cm³/mol. The average molecular weight is 662 g/mol. The SMILES string of the molecule is C[Si](C)(C)c1ccc(-c2ccc3c(ccc4cc(-c5ccc6cc(-c7ccc(-c8nc9ccccc9s8)cc7)ccc6c5)ccc43)c2)cc1. The molecule has 9 rings (SSSR count). The van der Waals surface area contributed by atoms with Crippen molar-refractivity contribution in [1.82, 2.24) is 4.98 Å². The van der Waals surface area contributed by atoms with Crippen LogP contribution in [0.1, 0.15) is 0 Å². The van der Waals surface area contributed by atoms with Crippen LogP contribution in [0.5, 0.6) is 0 Å². The number of hydrogen-bond donors (Lipinski definition) is 0. The molecule has 0 radical (unpaired) electrons. The van der Waals surface area contributed by atoms with Gasteiger partial charge in [-0.05, 0) is 102 Å². The molecule has 0 atom stereocenters. The Morgan fingerprint density at radius 1 is 0.408 bits per heavy atom. The van der Waals surface area contributed by atoms with Crippen molar-refractivity contribution in [3.63, 3.8) is 0 Å². The van der Waals surface area contributed by atoms with Gasteiger partial charge in [-0.15, -0.1) is 11.3 Å². The van der Waals surface area contributed by atoms with Gasteiger partial charge < -0.3 is 0 Å². The van der Waals surface area contributed by atoms with Gasteiger partial charge in [0.1, 0.15) is 5.01 Å². The molecule has 0 amide bonds. The lowest BCUT2D eigenvalue weighted by Gasteiger charge is -2.17. The van der Waals surface area contributed by atoms with Crippen molar-refractivity contribution in [3.8, 4) is 44.0 Å². The summed E-state index contributed by atoms with van der Waals surface area (Å²) in [5.41, 5.74) is 9.68. The average Bonchev–Trinajstić information content (AvgIpc) is 3.58. The third-order valence-electron chi connectivity index (χ3n) is 9.85. The standard InChI is InChI=1S/C46H35NSSi/c1-49(2,3)41-22-18-31(19-23-41)34-20-24-42-39(28-34)16-17-40-29-38(21-25-43(40)42)37-15-14-35-26-33(12-13-36(35)27-37)30-8-10-32(11-9-30)46-47-44-6-4-5-7-45(44)48-46/h4-29H,1-3H3. The summed E-state index contributed by atoms with van der Waals surface area (Å²) in [6.07, 6.45) is 0. The van der Waals surface area contributed by atoms with Gasteiger partial charge in [-0.3, -0.25) is 0 Å². The van der Waals surface area contributed by atoms with Gasteiger partial charge in [-0.2, -0.15) is 0 Å². The monoisotopic (exact) mass is 661 g/mol. The minimum atomic E-state index is -1.31. The summed E-state index contributed by atoms with van der Waals surface area (Å²) in [6, 6.07) is 58.3. The van der Waals surface area contributed by atoms with Crippen LogP contribution in [0.4, 0.5) is 0 Å². The molecule has 49 heavy (non-hydrogen) atoms. The summed E-state index contributed by atoms with van der Waals surface area (Å²) >= 11 is 1.74. The maximum Gasteiger partial charge on any atom is 0.124 e. The van der Waals surface area contributed by atoms with Crippen LogP contribution >= 0.6 is 11.3 Å². The van der Waals surface area contributed by atoms with Crippen molar-refractivity contribution >= 4 is 67.1 Å². The Kier molecular flexibility index (Phi) is 7.08. The number of aromatic nitrogens is 1. The molecule has 0 aliphatic heterocycles. The van der Waals surface area contributed by atoms with Crippen LogP contribution in [-0.4, -0.2) is 13.1 Å². The van der Waals surface area contributed by atoms with E-state index >= 15 is 0 Å². The van der Waals surface area contributed by atoms with Crippen molar-refractivity contribution in [2.75, 3.05) is 0 Å². The molecule has 1 nitrogen and oxygen atoms in total. The first-order valence-corrected chi connectivity index (χ1v) is 21.3. The van der Waals surface area contributed by atoms with Gasteiger partial charge in [0.25, 0.3) is 0 Å². The lowest BCUT2D eigenvalue weighted by atomic mass is 9.94. The van der Waals surface area contributed by atoms with E-state index in [-0.39, 0.29) is 0 Å². The first kappa shape index (κ1) is 29.8. The Labute approximate surface area is 292 Å². The molecule has 0 unspecified atom stereocenters. The number of nitrogens with zero attached hydrogens (tertiary/aromatic N) is 1. The Morgan fingerprint density at radius 2 is 0.837 bits per heavy atom. The van der Waals surface area contributed by atoms with Crippen LogP contribution in [0, 0.1) is 0 Å². The quantitative estimate of drug-likeness (QED) is 0.132. The molecule has 0 aliphatic rings. The number of hydrogen-bond acceptors (Lipinski definition) is 2. The molecular formula is C46H35NSSi. The van der Waals surface area contributed by atoms with Crippen molar-refractivity contribution in [2.24, 2.45) is 0 Å². The zero-order valence-electron chi connectivity index (χ0n) is 27.9. The predicted octanol–water partition coefficient (Wildman–Crippen LogP) is 13.0. The first-order valence-electron chi connectivity index (χ1n) is 16.9. The third-order valence-corrected chi connectivity index (χ3v) is 13.0. The van der Waals surface area contributed by atoms with E-state index in [0.29, 0.717) is 0 Å². The fourth-order valence-electron chi connectivity index (χ4n) is 7.00. The lowest BCUT2D eigenvalue weighted by molar-refractivity contribution is 1.48. The molecule has 1 aromatic heterocycles. The summed E-state index contributed by atoms with van der Waals surface area (Å²) in [4.78, 5) is 4.83. The summed E-state index contributed by atoms with van der Waals surface area (Å²) in [5.74, 6) is 0. The van der Waals surface area contributed by atoms with Crippen molar-refractivity contribution in [1.29, 1.82) is 0 Å². The third kappa shape index (κ3) is 5.55. The topological polar surface area (TPSA) is 12.9 Å². The Hall–Kier alpha value is -5.35. The van der Waals surface area contributed by atoms with Crippen molar-refractivity contribution < 1.29 is 0 Å². The van der Waals surface area contributed by atoms with E-state index < -0.39 is 8.07 Å². The molecule has 0 N–H and O–H groups in total. The van der Waals surface area contributed by atoms with E-state index in [1.54, 1.807) is 11.3 Å². The molecule has 0 aliphatic carbocycles. The number of para-hydroxylation sites is 1. The lowest BCUT2D eigenvalue weighted by Crippen LogP contribution is -2.37. The van der Waals surface area contributed by atoms with Gasteiger partial charge in [-0.25, -0.2) is 4.98 Å². The second-order valence-corrected chi connectivity index (χ2v) is 20.2. The van der Waals surface area contributed by atoms with Crippen LogP contribution in [0.2, 0.25) is 19.6 Å².